The van der Waals surface area contributed by atoms with Crippen molar-refractivity contribution in [3.8, 4) is 6.07 Å². The van der Waals surface area contributed by atoms with Crippen molar-refractivity contribution in [3.63, 3.8) is 0 Å². The predicted octanol–water partition coefficient (Wildman–Crippen LogP) is 2.77. The second-order valence-electron chi connectivity index (χ2n) is 5.23. The first-order valence-corrected chi connectivity index (χ1v) is 5.85. The molecule has 92 valence electrons. The van der Waals surface area contributed by atoms with E-state index in [-0.39, 0.29) is 18.1 Å². The van der Waals surface area contributed by atoms with E-state index in [2.05, 4.69) is 32.2 Å². The third-order valence-electron chi connectivity index (χ3n) is 2.84. The number of para-hydroxylation sites is 1. The highest BCUT2D eigenvalue weighted by atomic mass is 16.3. The van der Waals surface area contributed by atoms with Crippen molar-refractivity contribution in [2.75, 3.05) is 11.9 Å². The zero-order chi connectivity index (χ0) is 12.9. The Morgan fingerprint density at radius 1 is 1.35 bits per heavy atom. The fourth-order valence-corrected chi connectivity index (χ4v) is 1.74. The Bertz CT molecular complexity index is 401. The fraction of sp³-hybridized carbons (Fsp3) is 0.500. The van der Waals surface area contributed by atoms with Crippen molar-refractivity contribution in [3.05, 3.63) is 29.8 Å². The van der Waals surface area contributed by atoms with Gasteiger partial charge in [-0.1, -0.05) is 32.9 Å². The maximum atomic E-state index is 9.10. The highest BCUT2D eigenvalue weighted by Gasteiger charge is 2.24. The molecule has 17 heavy (non-hydrogen) atoms. The average molecular weight is 232 g/mol. The summed E-state index contributed by atoms with van der Waals surface area (Å²) in [7, 11) is 0. The molecule has 1 aromatic rings. The Morgan fingerprint density at radius 2 is 2.00 bits per heavy atom. The number of hydrogen-bond acceptors (Lipinski definition) is 3. The van der Waals surface area contributed by atoms with E-state index in [0.717, 1.165) is 5.69 Å². The Balaban J connectivity index is 2.91. The summed E-state index contributed by atoms with van der Waals surface area (Å²) in [6, 6.07) is 9.75. The van der Waals surface area contributed by atoms with Gasteiger partial charge in [0.15, 0.2) is 0 Å². The lowest BCUT2D eigenvalue weighted by molar-refractivity contribution is 0.235. The molecule has 0 aliphatic rings. The molecular weight excluding hydrogens is 212 g/mol. The quantitative estimate of drug-likeness (QED) is 0.839. The maximum Gasteiger partial charge on any atom is 0.101 e. The van der Waals surface area contributed by atoms with Gasteiger partial charge in [0, 0.05) is 12.6 Å². The lowest BCUT2D eigenvalue weighted by Gasteiger charge is -2.32. The number of rotatable bonds is 4. The zero-order valence-electron chi connectivity index (χ0n) is 10.7. The highest BCUT2D eigenvalue weighted by Crippen LogP contribution is 2.26. The molecule has 1 rings (SSSR count). The largest absolute Gasteiger partial charge is 0.396 e. The smallest absolute Gasteiger partial charge is 0.101 e. The lowest BCUT2D eigenvalue weighted by atomic mass is 9.84. The van der Waals surface area contributed by atoms with E-state index < -0.39 is 0 Å². The topological polar surface area (TPSA) is 56.0 Å². The summed E-state index contributed by atoms with van der Waals surface area (Å²) in [4.78, 5) is 0. The van der Waals surface area contributed by atoms with Crippen LogP contribution in [0.4, 0.5) is 5.69 Å². The number of hydrogen-bond donors (Lipinski definition) is 2. The van der Waals surface area contributed by atoms with Gasteiger partial charge < -0.3 is 10.4 Å². The molecular formula is C14H20N2O. The van der Waals surface area contributed by atoms with Crippen molar-refractivity contribution in [1.29, 1.82) is 5.26 Å². The fourth-order valence-electron chi connectivity index (χ4n) is 1.74. The van der Waals surface area contributed by atoms with Gasteiger partial charge >= 0.3 is 0 Å². The molecule has 3 heteroatoms. The number of aliphatic hydroxyl groups excluding tert-OH is 1. The van der Waals surface area contributed by atoms with Gasteiger partial charge in [-0.25, -0.2) is 0 Å². The molecule has 1 aromatic carbocycles. The van der Waals surface area contributed by atoms with E-state index in [0.29, 0.717) is 12.0 Å². The predicted molar refractivity (Wildman–Crippen MR) is 69.7 cm³/mol. The highest BCUT2D eigenvalue weighted by molar-refractivity contribution is 5.57. The molecule has 2 N–H and O–H groups in total. The van der Waals surface area contributed by atoms with Crippen LogP contribution >= 0.6 is 0 Å². The molecule has 3 nitrogen and oxygen atoms in total. The van der Waals surface area contributed by atoms with Crippen LogP contribution in [0.25, 0.3) is 0 Å². The van der Waals surface area contributed by atoms with Crippen LogP contribution in [0.5, 0.6) is 0 Å². The van der Waals surface area contributed by atoms with Crippen LogP contribution in [0.1, 0.15) is 32.8 Å². The molecule has 0 radical (unpaired) electrons. The summed E-state index contributed by atoms with van der Waals surface area (Å²) in [5.41, 5.74) is 1.51. The van der Waals surface area contributed by atoms with Crippen molar-refractivity contribution < 1.29 is 5.11 Å². The standard InChI is InChI=1S/C14H20N2O/c1-14(2,3)13(8-9-17)16-12-7-5-4-6-11(12)10-15/h4-7,13,16-17H,8-9H2,1-3H3. The minimum atomic E-state index is 0.0330. The first-order chi connectivity index (χ1) is 7.99. The number of aliphatic hydroxyl groups is 1. The third-order valence-corrected chi connectivity index (χ3v) is 2.84. The molecule has 0 aliphatic carbocycles. The summed E-state index contributed by atoms with van der Waals surface area (Å²) in [5.74, 6) is 0. The minimum absolute atomic E-state index is 0.0330. The van der Waals surface area contributed by atoms with Crippen LogP contribution in [-0.4, -0.2) is 17.8 Å². The number of nitrogens with zero attached hydrogens (tertiary/aromatic N) is 1. The maximum absolute atomic E-state index is 9.10. The SMILES string of the molecule is CC(C)(C)C(CCO)Nc1ccccc1C#N. The van der Waals surface area contributed by atoms with Gasteiger partial charge in [-0.3, -0.25) is 0 Å². The molecule has 0 heterocycles. The molecule has 0 aromatic heterocycles. The van der Waals surface area contributed by atoms with Crippen LogP contribution in [-0.2, 0) is 0 Å². The Labute approximate surface area is 103 Å². The van der Waals surface area contributed by atoms with Crippen molar-refractivity contribution in [1.82, 2.24) is 0 Å². The van der Waals surface area contributed by atoms with Gasteiger partial charge in [0.25, 0.3) is 0 Å². The number of nitrogens with one attached hydrogen (secondary N) is 1. The molecule has 0 saturated carbocycles. The summed E-state index contributed by atoms with van der Waals surface area (Å²) < 4.78 is 0. The second-order valence-corrected chi connectivity index (χ2v) is 5.23. The molecule has 1 atom stereocenters. The first-order valence-electron chi connectivity index (χ1n) is 5.85. The molecule has 0 amide bonds. The van der Waals surface area contributed by atoms with E-state index in [1.54, 1.807) is 6.07 Å². The third kappa shape index (κ3) is 3.76. The summed E-state index contributed by atoms with van der Waals surface area (Å²) >= 11 is 0. The van der Waals surface area contributed by atoms with E-state index in [1.165, 1.54) is 0 Å². The van der Waals surface area contributed by atoms with Gasteiger partial charge in [-0.05, 0) is 24.0 Å². The van der Waals surface area contributed by atoms with Gasteiger partial charge in [0.05, 0.1) is 11.3 Å². The summed E-state index contributed by atoms with van der Waals surface area (Å²) in [5, 5.41) is 21.5. The molecule has 0 saturated heterocycles. The average Bonchev–Trinajstić information content (AvgIpc) is 2.28. The van der Waals surface area contributed by atoms with Crippen LogP contribution in [0, 0.1) is 16.7 Å². The second kappa shape index (κ2) is 5.70. The van der Waals surface area contributed by atoms with Gasteiger partial charge in [0.2, 0.25) is 0 Å². The van der Waals surface area contributed by atoms with Gasteiger partial charge in [-0.2, -0.15) is 5.26 Å². The number of nitriles is 1. The molecule has 0 bridgehead atoms. The van der Waals surface area contributed by atoms with Gasteiger partial charge in [0.1, 0.15) is 6.07 Å². The lowest BCUT2D eigenvalue weighted by Crippen LogP contribution is -2.35. The Kier molecular flexibility index (Phi) is 4.53. The number of benzene rings is 1. The Hall–Kier alpha value is -1.53. The molecule has 0 aliphatic heterocycles. The van der Waals surface area contributed by atoms with Crippen LogP contribution in [0.15, 0.2) is 24.3 Å². The van der Waals surface area contributed by atoms with E-state index in [9.17, 15) is 0 Å². The van der Waals surface area contributed by atoms with E-state index in [1.807, 2.05) is 18.2 Å². The monoisotopic (exact) mass is 232 g/mol. The summed E-state index contributed by atoms with van der Waals surface area (Å²) in [6.07, 6.45) is 0.670. The first kappa shape index (κ1) is 13.5. The molecule has 0 spiro atoms. The van der Waals surface area contributed by atoms with Crippen LogP contribution in [0.2, 0.25) is 0 Å². The molecule has 1 unspecified atom stereocenters. The molecule has 0 fully saturated rings. The van der Waals surface area contributed by atoms with Crippen molar-refractivity contribution >= 4 is 5.69 Å². The van der Waals surface area contributed by atoms with Crippen LogP contribution < -0.4 is 5.32 Å². The normalized spacial score (nSPS) is 12.9. The number of anilines is 1. The zero-order valence-corrected chi connectivity index (χ0v) is 10.7. The van der Waals surface area contributed by atoms with E-state index in [4.69, 9.17) is 10.4 Å². The van der Waals surface area contributed by atoms with Crippen LogP contribution in [0.3, 0.4) is 0 Å². The Morgan fingerprint density at radius 3 is 2.53 bits per heavy atom. The van der Waals surface area contributed by atoms with Gasteiger partial charge in [-0.15, -0.1) is 0 Å². The van der Waals surface area contributed by atoms with Crippen molar-refractivity contribution in [2.45, 2.75) is 33.2 Å². The minimum Gasteiger partial charge on any atom is -0.396 e. The van der Waals surface area contributed by atoms with E-state index >= 15 is 0 Å². The van der Waals surface area contributed by atoms with Crippen molar-refractivity contribution in [2.24, 2.45) is 5.41 Å². The summed E-state index contributed by atoms with van der Waals surface area (Å²) in [6.45, 7) is 6.50.